The van der Waals surface area contributed by atoms with Gasteiger partial charge in [-0.3, -0.25) is 0 Å². The van der Waals surface area contributed by atoms with E-state index in [1.165, 1.54) is 0 Å². The van der Waals surface area contributed by atoms with E-state index >= 15 is 0 Å². The van der Waals surface area contributed by atoms with E-state index < -0.39 is 29.6 Å². The van der Waals surface area contributed by atoms with E-state index in [0.29, 0.717) is 0 Å². The minimum atomic E-state index is -4.06. The number of carbonyl (C=O) groups excluding carboxylic acids is 1. The van der Waals surface area contributed by atoms with Crippen LogP contribution in [0.4, 0.5) is 0 Å². The molecule has 3 aromatic rings. The van der Waals surface area contributed by atoms with E-state index in [1.54, 1.807) is 0 Å². The summed E-state index contributed by atoms with van der Waals surface area (Å²) < 4.78 is 9.24. The van der Waals surface area contributed by atoms with E-state index in [9.17, 15) is 4.79 Å². The molecule has 0 aromatic heterocycles. The third-order valence-electron chi connectivity index (χ3n) is 3.97. The molecular weight excluding hydrogens is 462 g/mol. The first-order valence-corrected chi connectivity index (χ1v) is 14.1. The zero-order valence-electron chi connectivity index (χ0n) is 13.3. The van der Waals surface area contributed by atoms with E-state index in [0.717, 1.165) is 10.7 Å². The quantitative estimate of drug-likeness (QED) is 0.417. The first-order chi connectivity index (χ1) is 12.1. The third-order valence-corrected chi connectivity index (χ3v) is 15.6. The molecular formula is C20H16Cl2O2Sn. The van der Waals surface area contributed by atoms with Crippen molar-refractivity contribution in [1.82, 2.24) is 0 Å². The molecule has 0 bridgehead atoms. The number of benzene rings is 3. The Morgan fingerprint density at radius 2 is 1.00 bits per heavy atom. The summed E-state index contributed by atoms with van der Waals surface area (Å²) in [6.07, 6.45) is 0. The zero-order valence-corrected chi connectivity index (χ0v) is 17.7. The van der Waals surface area contributed by atoms with Crippen molar-refractivity contribution in [3.63, 3.8) is 0 Å². The van der Waals surface area contributed by atoms with Gasteiger partial charge in [-0.1, -0.05) is 0 Å². The Bertz CT molecular complexity index is 727. The van der Waals surface area contributed by atoms with Crippen LogP contribution in [0, 0.1) is 0 Å². The second-order valence-corrected chi connectivity index (χ2v) is 16.0. The van der Waals surface area contributed by atoms with E-state index in [-0.39, 0.29) is 0 Å². The normalized spacial score (nSPS) is 11.3. The van der Waals surface area contributed by atoms with Crippen LogP contribution >= 0.6 is 23.2 Å². The van der Waals surface area contributed by atoms with Crippen molar-refractivity contribution >= 4 is 58.7 Å². The first kappa shape index (κ1) is 18.3. The van der Waals surface area contributed by atoms with Gasteiger partial charge in [-0.25, -0.2) is 0 Å². The molecule has 3 rings (SSSR count). The van der Waals surface area contributed by atoms with Crippen LogP contribution in [0.25, 0.3) is 0 Å². The van der Waals surface area contributed by atoms with Crippen molar-refractivity contribution in [2.75, 3.05) is 0 Å². The zero-order chi connectivity index (χ0) is 17.7. The number of halogens is 2. The average molecular weight is 478 g/mol. The molecule has 0 aliphatic carbocycles. The summed E-state index contributed by atoms with van der Waals surface area (Å²) in [6, 6.07) is 29.7. The maximum absolute atomic E-state index is 12.4. The van der Waals surface area contributed by atoms with Gasteiger partial charge in [0.1, 0.15) is 0 Å². The van der Waals surface area contributed by atoms with Gasteiger partial charge in [0.05, 0.1) is 0 Å². The minimum absolute atomic E-state index is 0.601. The second kappa shape index (κ2) is 8.26. The molecule has 2 nitrogen and oxygen atoms in total. The molecule has 0 radical (unpaired) electrons. The standard InChI is InChI=1S/3C6H5.C2H2Cl2O2.Sn/c3*1-2-4-6-5-3-1;3-1(4)2(5)6;/h3*1-5H;1H,(H,5,6);/q;;;;+1/p-1. The second-order valence-electron chi connectivity index (χ2n) is 5.50. The Morgan fingerprint density at radius 3 is 1.28 bits per heavy atom. The van der Waals surface area contributed by atoms with Gasteiger partial charge in [0.15, 0.2) is 0 Å². The van der Waals surface area contributed by atoms with Gasteiger partial charge in [0.25, 0.3) is 0 Å². The monoisotopic (exact) mass is 478 g/mol. The van der Waals surface area contributed by atoms with Crippen LogP contribution in [0.2, 0.25) is 0 Å². The Labute approximate surface area is 161 Å². The van der Waals surface area contributed by atoms with Gasteiger partial charge in [0, 0.05) is 0 Å². The van der Waals surface area contributed by atoms with E-state index in [4.69, 9.17) is 26.3 Å². The number of hydrogen-bond acceptors (Lipinski definition) is 2. The third kappa shape index (κ3) is 3.86. The van der Waals surface area contributed by atoms with Gasteiger partial charge >= 0.3 is 162 Å². The predicted molar refractivity (Wildman–Crippen MR) is 106 cm³/mol. The molecule has 0 N–H and O–H groups in total. The van der Waals surface area contributed by atoms with Crippen LogP contribution < -0.4 is 10.7 Å². The maximum atomic E-state index is 12.4. The summed E-state index contributed by atoms with van der Waals surface area (Å²) in [7, 11) is 0. The van der Waals surface area contributed by atoms with Crippen molar-refractivity contribution in [2.24, 2.45) is 0 Å². The number of hydrogen-bond donors (Lipinski definition) is 0. The summed E-state index contributed by atoms with van der Waals surface area (Å²) >= 11 is 7.58. The van der Waals surface area contributed by atoms with E-state index in [2.05, 4.69) is 0 Å². The Morgan fingerprint density at radius 1 is 0.680 bits per heavy atom. The number of carbonyl (C=O) groups is 1. The molecule has 0 aliphatic rings. The molecule has 25 heavy (non-hydrogen) atoms. The van der Waals surface area contributed by atoms with Crippen molar-refractivity contribution in [3.8, 4) is 0 Å². The van der Waals surface area contributed by atoms with Crippen LogP contribution in [0.5, 0.6) is 0 Å². The molecule has 0 spiro atoms. The SMILES string of the molecule is O=C([O][Sn]([c]1ccccc1)([c]1ccccc1)[c]1ccccc1)C(Cl)Cl. The van der Waals surface area contributed by atoms with Gasteiger partial charge in [-0.2, -0.15) is 0 Å². The van der Waals surface area contributed by atoms with E-state index in [1.807, 2.05) is 91.0 Å². The number of rotatable bonds is 5. The summed E-state index contributed by atoms with van der Waals surface area (Å²) in [5.74, 6) is -0.601. The number of alkyl halides is 2. The molecule has 0 atom stereocenters. The molecule has 3 aromatic carbocycles. The molecule has 0 saturated heterocycles. The molecule has 0 fully saturated rings. The molecule has 0 aliphatic heterocycles. The Kier molecular flexibility index (Phi) is 6.05. The molecule has 0 heterocycles. The fourth-order valence-electron chi connectivity index (χ4n) is 2.89. The Hall–Kier alpha value is -1.49. The predicted octanol–water partition coefficient (Wildman–Crippen LogP) is 3.00. The summed E-state index contributed by atoms with van der Waals surface area (Å²) in [6.45, 7) is 0. The van der Waals surface area contributed by atoms with Gasteiger partial charge in [-0.05, 0) is 0 Å². The molecule has 0 saturated carbocycles. The van der Waals surface area contributed by atoms with Crippen LogP contribution in [-0.4, -0.2) is 29.6 Å². The fourth-order valence-corrected chi connectivity index (χ4v) is 14.1. The van der Waals surface area contributed by atoms with Crippen LogP contribution in [-0.2, 0) is 7.87 Å². The van der Waals surface area contributed by atoms with Crippen molar-refractivity contribution in [1.29, 1.82) is 0 Å². The van der Waals surface area contributed by atoms with Gasteiger partial charge in [0.2, 0.25) is 0 Å². The summed E-state index contributed by atoms with van der Waals surface area (Å²) in [5.41, 5.74) is 0. The molecule has 126 valence electrons. The topological polar surface area (TPSA) is 26.3 Å². The summed E-state index contributed by atoms with van der Waals surface area (Å²) in [5, 5.41) is 0. The molecule has 5 heteroatoms. The Balaban J connectivity index is 2.29. The van der Waals surface area contributed by atoms with Gasteiger partial charge in [-0.15, -0.1) is 0 Å². The van der Waals surface area contributed by atoms with Crippen LogP contribution in [0.3, 0.4) is 0 Å². The first-order valence-electron chi connectivity index (χ1n) is 7.82. The average Bonchev–Trinajstić information content (AvgIpc) is 2.68. The molecule has 0 amide bonds. The summed E-state index contributed by atoms with van der Waals surface area (Å²) in [4.78, 5) is 11.2. The van der Waals surface area contributed by atoms with Gasteiger partial charge < -0.3 is 0 Å². The van der Waals surface area contributed by atoms with Crippen molar-refractivity contribution < 1.29 is 7.87 Å². The van der Waals surface area contributed by atoms with Crippen LogP contribution in [0.1, 0.15) is 0 Å². The fraction of sp³-hybridized carbons (Fsp3) is 0.0500. The van der Waals surface area contributed by atoms with Crippen molar-refractivity contribution in [3.05, 3.63) is 91.0 Å². The molecule has 0 unspecified atom stereocenters. The van der Waals surface area contributed by atoms with Crippen molar-refractivity contribution in [2.45, 2.75) is 4.84 Å². The van der Waals surface area contributed by atoms with Crippen LogP contribution in [0.15, 0.2) is 91.0 Å².